The summed E-state index contributed by atoms with van der Waals surface area (Å²) in [5.74, 6) is -0.840. The maximum absolute atomic E-state index is 13.4. The van der Waals surface area contributed by atoms with E-state index >= 15 is 0 Å². The fourth-order valence-corrected chi connectivity index (χ4v) is 1.77. The fourth-order valence-electron chi connectivity index (χ4n) is 1.77. The van der Waals surface area contributed by atoms with Crippen LogP contribution in [0.3, 0.4) is 0 Å². The van der Waals surface area contributed by atoms with Crippen LogP contribution in [0.1, 0.15) is 5.69 Å². The lowest BCUT2D eigenvalue weighted by Gasteiger charge is -2.06. The maximum Gasteiger partial charge on any atom is 0.327 e. The van der Waals surface area contributed by atoms with Crippen molar-refractivity contribution in [2.45, 2.75) is 6.42 Å². The lowest BCUT2D eigenvalue weighted by Crippen LogP contribution is -2.08. The number of aromatic nitrogens is 2. The Morgan fingerprint density at radius 1 is 1.47 bits per heavy atom. The molecule has 0 aliphatic heterocycles. The van der Waals surface area contributed by atoms with Gasteiger partial charge in [0.15, 0.2) is 0 Å². The van der Waals surface area contributed by atoms with E-state index in [0.29, 0.717) is 13.0 Å². The molecular formula is C12H13FN4O2. The van der Waals surface area contributed by atoms with Gasteiger partial charge < -0.3 is 5.32 Å². The zero-order valence-corrected chi connectivity index (χ0v) is 10.3. The summed E-state index contributed by atoms with van der Waals surface area (Å²) in [7, 11) is 1.81. The number of para-hydroxylation sites is 1. The Balaban J connectivity index is 2.03. The van der Waals surface area contributed by atoms with Gasteiger partial charge in [-0.25, -0.2) is 0 Å². The monoisotopic (exact) mass is 264 g/mol. The average molecular weight is 264 g/mol. The summed E-state index contributed by atoms with van der Waals surface area (Å²) >= 11 is 0. The molecule has 19 heavy (non-hydrogen) atoms. The zero-order chi connectivity index (χ0) is 13.8. The molecule has 2 rings (SSSR count). The van der Waals surface area contributed by atoms with Crippen LogP contribution in [-0.4, -0.2) is 21.2 Å². The molecule has 6 nitrogen and oxygen atoms in total. The van der Waals surface area contributed by atoms with Crippen molar-refractivity contribution in [1.82, 2.24) is 9.78 Å². The molecule has 0 bridgehead atoms. The van der Waals surface area contributed by atoms with E-state index in [1.54, 1.807) is 4.68 Å². The van der Waals surface area contributed by atoms with Crippen LogP contribution < -0.4 is 5.32 Å². The predicted octanol–water partition coefficient (Wildman–Crippen LogP) is 2.12. The van der Waals surface area contributed by atoms with Crippen LogP contribution in [0.25, 0.3) is 0 Å². The van der Waals surface area contributed by atoms with Gasteiger partial charge in [0, 0.05) is 26.2 Å². The Bertz CT molecular complexity index is 597. The second kappa shape index (κ2) is 5.47. The van der Waals surface area contributed by atoms with Gasteiger partial charge in [-0.3, -0.25) is 14.8 Å². The first kappa shape index (κ1) is 13.0. The number of rotatable bonds is 5. The summed E-state index contributed by atoms with van der Waals surface area (Å²) in [6, 6.07) is 5.86. The van der Waals surface area contributed by atoms with Gasteiger partial charge >= 0.3 is 5.69 Å². The molecule has 0 saturated heterocycles. The summed E-state index contributed by atoms with van der Waals surface area (Å²) in [6.07, 6.45) is 2.43. The molecule has 0 aliphatic rings. The van der Waals surface area contributed by atoms with Crippen molar-refractivity contribution in [3.05, 3.63) is 52.1 Å². The number of nitrogens with one attached hydrogen (secondary N) is 1. The van der Waals surface area contributed by atoms with E-state index in [1.165, 1.54) is 12.1 Å². The van der Waals surface area contributed by atoms with Crippen LogP contribution in [0.15, 0.2) is 30.5 Å². The Hall–Kier alpha value is -2.44. The maximum atomic E-state index is 13.4. The molecular weight excluding hydrogens is 251 g/mol. The van der Waals surface area contributed by atoms with Crippen LogP contribution in [0.2, 0.25) is 0 Å². The second-order valence-corrected chi connectivity index (χ2v) is 4.05. The smallest absolute Gasteiger partial charge is 0.327 e. The van der Waals surface area contributed by atoms with E-state index in [-0.39, 0.29) is 5.69 Å². The standard InChI is InChI=1S/C12H13FN4O2/c1-16-8-6-9(15-16)5-7-14-11-4-2-3-10(13)12(11)17(18)19/h2-4,6,8,14H,5,7H2,1H3. The number of benzene rings is 1. The molecule has 1 heterocycles. The third-order valence-electron chi connectivity index (χ3n) is 2.63. The summed E-state index contributed by atoms with van der Waals surface area (Å²) < 4.78 is 15.0. The van der Waals surface area contributed by atoms with Crippen LogP contribution in [0.5, 0.6) is 0 Å². The zero-order valence-electron chi connectivity index (χ0n) is 10.3. The first-order valence-electron chi connectivity index (χ1n) is 5.73. The number of halogens is 1. The third-order valence-corrected chi connectivity index (χ3v) is 2.63. The van der Waals surface area contributed by atoms with Crippen molar-refractivity contribution >= 4 is 11.4 Å². The van der Waals surface area contributed by atoms with Crippen molar-refractivity contribution in [2.24, 2.45) is 7.05 Å². The molecule has 1 N–H and O–H groups in total. The molecule has 0 atom stereocenters. The minimum atomic E-state index is -0.840. The highest BCUT2D eigenvalue weighted by atomic mass is 19.1. The van der Waals surface area contributed by atoms with Gasteiger partial charge in [0.2, 0.25) is 5.82 Å². The number of anilines is 1. The minimum absolute atomic E-state index is 0.181. The molecule has 1 aromatic heterocycles. The van der Waals surface area contributed by atoms with Crippen molar-refractivity contribution in [1.29, 1.82) is 0 Å². The SMILES string of the molecule is Cn1ccc(CCNc2cccc(F)c2[N+](=O)[O-])n1. The van der Waals surface area contributed by atoms with Crippen molar-refractivity contribution < 1.29 is 9.31 Å². The average Bonchev–Trinajstić information content (AvgIpc) is 2.74. The Labute approximate surface area is 109 Å². The normalized spacial score (nSPS) is 10.4. The first-order chi connectivity index (χ1) is 9.08. The number of hydrogen-bond acceptors (Lipinski definition) is 4. The summed E-state index contributed by atoms with van der Waals surface area (Å²) in [5, 5.41) is 17.8. The van der Waals surface area contributed by atoms with Crippen LogP contribution in [-0.2, 0) is 13.5 Å². The summed E-state index contributed by atoms with van der Waals surface area (Å²) in [6.45, 7) is 0.446. The molecule has 7 heteroatoms. The highest BCUT2D eigenvalue weighted by Gasteiger charge is 2.19. The van der Waals surface area contributed by atoms with Crippen LogP contribution >= 0.6 is 0 Å². The quantitative estimate of drug-likeness (QED) is 0.663. The topological polar surface area (TPSA) is 73.0 Å². The Kier molecular flexibility index (Phi) is 3.74. The van der Waals surface area contributed by atoms with E-state index in [1.807, 2.05) is 19.3 Å². The van der Waals surface area contributed by atoms with E-state index in [2.05, 4.69) is 10.4 Å². The van der Waals surface area contributed by atoms with Gasteiger partial charge in [-0.05, 0) is 18.2 Å². The number of aryl methyl sites for hydroxylation is 1. The highest BCUT2D eigenvalue weighted by Crippen LogP contribution is 2.26. The number of nitro benzene ring substituents is 1. The molecule has 0 amide bonds. The molecule has 0 aliphatic carbocycles. The molecule has 0 radical (unpaired) electrons. The molecule has 1 aromatic carbocycles. The molecule has 0 spiro atoms. The molecule has 0 unspecified atom stereocenters. The van der Waals surface area contributed by atoms with Gasteiger partial charge in [0.05, 0.1) is 10.6 Å². The minimum Gasteiger partial charge on any atom is -0.379 e. The Morgan fingerprint density at radius 3 is 2.89 bits per heavy atom. The van der Waals surface area contributed by atoms with Crippen molar-refractivity contribution in [2.75, 3.05) is 11.9 Å². The third kappa shape index (κ3) is 3.06. The van der Waals surface area contributed by atoms with E-state index < -0.39 is 16.4 Å². The summed E-state index contributed by atoms with van der Waals surface area (Å²) in [5.41, 5.74) is 0.526. The van der Waals surface area contributed by atoms with E-state index in [9.17, 15) is 14.5 Å². The molecule has 0 saturated carbocycles. The molecule has 0 fully saturated rings. The van der Waals surface area contributed by atoms with Crippen LogP contribution in [0, 0.1) is 15.9 Å². The van der Waals surface area contributed by atoms with Gasteiger partial charge in [-0.2, -0.15) is 9.49 Å². The number of nitro groups is 1. The van der Waals surface area contributed by atoms with Crippen LogP contribution in [0.4, 0.5) is 15.8 Å². The lowest BCUT2D eigenvalue weighted by atomic mass is 10.2. The van der Waals surface area contributed by atoms with Crippen molar-refractivity contribution in [3.8, 4) is 0 Å². The predicted molar refractivity (Wildman–Crippen MR) is 68.5 cm³/mol. The Morgan fingerprint density at radius 2 is 2.26 bits per heavy atom. The highest BCUT2D eigenvalue weighted by molar-refractivity contribution is 5.61. The second-order valence-electron chi connectivity index (χ2n) is 4.05. The van der Waals surface area contributed by atoms with Gasteiger partial charge in [0.25, 0.3) is 0 Å². The van der Waals surface area contributed by atoms with Gasteiger partial charge in [0.1, 0.15) is 5.69 Å². The molecule has 2 aromatic rings. The van der Waals surface area contributed by atoms with Crippen molar-refractivity contribution in [3.63, 3.8) is 0 Å². The first-order valence-corrected chi connectivity index (χ1v) is 5.73. The van der Waals surface area contributed by atoms with E-state index in [4.69, 9.17) is 0 Å². The van der Waals surface area contributed by atoms with Gasteiger partial charge in [-0.1, -0.05) is 6.07 Å². The summed E-state index contributed by atoms with van der Waals surface area (Å²) in [4.78, 5) is 10.1. The number of nitrogens with zero attached hydrogens (tertiary/aromatic N) is 3. The lowest BCUT2D eigenvalue weighted by molar-refractivity contribution is -0.386. The number of hydrogen-bond donors (Lipinski definition) is 1. The largest absolute Gasteiger partial charge is 0.379 e. The fraction of sp³-hybridized carbons (Fsp3) is 0.250. The van der Waals surface area contributed by atoms with Gasteiger partial charge in [-0.15, -0.1) is 0 Å². The molecule has 100 valence electrons. The van der Waals surface area contributed by atoms with E-state index in [0.717, 1.165) is 11.8 Å².